The van der Waals surface area contributed by atoms with E-state index < -0.39 is 0 Å². The topological polar surface area (TPSA) is 142 Å². The Morgan fingerprint density at radius 2 is 0.441 bits per heavy atom. The highest BCUT2D eigenvalue weighted by Crippen LogP contribution is 2.43. The third-order valence-corrected chi connectivity index (χ3v) is 22.7. The molecule has 0 aliphatic rings. The van der Waals surface area contributed by atoms with Crippen molar-refractivity contribution in [3.05, 3.63) is 395 Å². The van der Waals surface area contributed by atoms with E-state index in [2.05, 4.69) is 314 Å². The highest BCUT2D eigenvalue weighted by atomic mass is 14.9. The lowest BCUT2D eigenvalue weighted by atomic mass is 9.91. The van der Waals surface area contributed by atoms with Crippen molar-refractivity contribution in [1.82, 2.24) is 54.8 Å². The number of hydrogen-bond donors (Lipinski definition) is 0. The molecule has 0 atom stereocenters. The quantitative estimate of drug-likeness (QED) is 0.134. The summed E-state index contributed by atoms with van der Waals surface area (Å²) in [5.41, 5.74) is 15.4. The van der Waals surface area contributed by atoms with Crippen molar-refractivity contribution in [1.29, 1.82) is 0 Å². The van der Waals surface area contributed by atoms with Gasteiger partial charge in [-0.05, 0) is 233 Å². The number of aromatic nitrogens is 11. The molecule has 0 saturated carbocycles. The molecule has 0 aliphatic carbocycles. The molecule has 11 nitrogen and oxygen atoms in total. The van der Waals surface area contributed by atoms with Crippen LogP contribution >= 0.6 is 0 Å². The Morgan fingerprint density at radius 3 is 0.873 bits per heavy atom. The minimum atomic E-state index is 0.671. The van der Waals surface area contributed by atoms with Crippen LogP contribution in [0.25, 0.3) is 231 Å². The first-order chi connectivity index (χ1) is 58.5. The molecule has 548 valence electrons. The van der Waals surface area contributed by atoms with Gasteiger partial charge in [0.15, 0.2) is 17.5 Å². The van der Waals surface area contributed by atoms with Crippen LogP contribution in [0.15, 0.2) is 395 Å². The van der Waals surface area contributed by atoms with Crippen LogP contribution in [0, 0.1) is 0 Å². The predicted octanol–water partition coefficient (Wildman–Crippen LogP) is 26.7. The van der Waals surface area contributed by atoms with Gasteiger partial charge in [-0.2, -0.15) is 0 Å². The lowest BCUT2D eigenvalue weighted by Gasteiger charge is -2.13. The van der Waals surface area contributed by atoms with E-state index in [0.717, 1.165) is 94.3 Å². The SMILES string of the molecule is c1ccc(-c2ccnc(-c3ccc4c5ccc(-c6nccc(-c7ccccn7)n6)cc5c5ccccc5c4c3)n2)nc1.c1cnc2c(c1)ccc1ccc(-c3ccnc(-c4ccc5c6ccccc6c6ccccc6c5c4)n3)nc12.c1cnc2cc(-c3ccc4ccc(-c5ccc6c7ccccc7c7ccccc7c6c5)cc4c3)ccc2c1. The Bertz CT molecular complexity index is 7910. The predicted molar refractivity (Wildman–Crippen MR) is 486 cm³/mol. The fourth-order valence-electron chi connectivity index (χ4n) is 17.0. The van der Waals surface area contributed by atoms with Crippen LogP contribution in [-0.4, -0.2) is 54.8 Å². The molecular formula is C107H65N11. The Balaban J connectivity index is 0.000000107. The van der Waals surface area contributed by atoms with E-state index in [0.29, 0.717) is 17.5 Å². The number of nitrogens with zero attached hydrogens (tertiary/aromatic N) is 11. The summed E-state index contributed by atoms with van der Waals surface area (Å²) in [6.45, 7) is 0. The van der Waals surface area contributed by atoms with Crippen LogP contribution in [0.2, 0.25) is 0 Å². The lowest BCUT2D eigenvalue weighted by molar-refractivity contribution is 1.16. The van der Waals surface area contributed by atoms with Crippen molar-refractivity contribution >= 4 is 140 Å². The second kappa shape index (κ2) is 29.1. The second-order valence-corrected chi connectivity index (χ2v) is 29.6. The summed E-state index contributed by atoms with van der Waals surface area (Å²) in [4.78, 5) is 51.5. The first-order valence-corrected chi connectivity index (χ1v) is 39.4. The van der Waals surface area contributed by atoms with Gasteiger partial charge in [0, 0.05) is 76.2 Å². The minimum Gasteiger partial charge on any atom is -0.256 e. The van der Waals surface area contributed by atoms with Crippen molar-refractivity contribution in [3.8, 4) is 90.6 Å². The maximum Gasteiger partial charge on any atom is 0.159 e. The summed E-state index contributed by atoms with van der Waals surface area (Å²) in [5.74, 6) is 2.02. The highest BCUT2D eigenvalue weighted by molar-refractivity contribution is 6.28. The average molecular weight is 1500 g/mol. The summed E-state index contributed by atoms with van der Waals surface area (Å²) < 4.78 is 0. The Labute approximate surface area is 676 Å². The zero-order valence-corrected chi connectivity index (χ0v) is 63.4. The van der Waals surface area contributed by atoms with E-state index in [1.165, 1.54) is 119 Å². The van der Waals surface area contributed by atoms with Gasteiger partial charge in [-0.3, -0.25) is 19.9 Å². The van der Waals surface area contributed by atoms with Crippen LogP contribution in [0.4, 0.5) is 0 Å². The monoisotopic (exact) mass is 1500 g/mol. The molecule has 0 aliphatic heterocycles. The normalized spacial score (nSPS) is 11.6. The number of fused-ring (bicyclic) bond motifs is 23. The fourth-order valence-corrected chi connectivity index (χ4v) is 17.0. The summed E-state index contributed by atoms with van der Waals surface area (Å²) in [5, 5.41) is 28.0. The van der Waals surface area contributed by atoms with Crippen molar-refractivity contribution in [2.24, 2.45) is 0 Å². The Hall–Kier alpha value is -16.1. The molecule has 0 amide bonds. The zero-order valence-electron chi connectivity index (χ0n) is 63.4. The van der Waals surface area contributed by atoms with E-state index in [1.807, 2.05) is 91.4 Å². The standard InChI is InChI=1S/C37H23N.C36H22N6.C34H20N4/c1-2-9-33-31(7-1)32-8-3-4-10-34(32)36-22-28(17-18-35(33)36)26-14-11-24-12-15-27(21-30(24)20-26)29-16-13-25-6-5-19-38-37(25)23-29;1-2-8-26-25(7-1)29-21-23(35-39-19-15-33(41-35)31-9-3-5-17-37-31)11-13-27(29)28-14-12-24(22-30(26)28)36-40-20-16-34(42-36)32-10-4-6-18-38-32;1-2-9-26-24(7-1)25-8-3-4-10-27(25)29-20-23(13-15-28(26)29)34-36-19-17-31(38-34)30-16-14-22-12-11-21-6-5-18-35-32(21)33(22)37-30/h1-23H;1-22H;1-20H. The molecule has 0 spiro atoms. The molecule has 11 heteroatoms. The Morgan fingerprint density at radius 1 is 0.136 bits per heavy atom. The van der Waals surface area contributed by atoms with Gasteiger partial charge < -0.3 is 0 Å². The number of rotatable bonds is 8. The summed E-state index contributed by atoms with van der Waals surface area (Å²) in [7, 11) is 0. The van der Waals surface area contributed by atoms with Gasteiger partial charge in [0.1, 0.15) is 0 Å². The molecule has 8 heterocycles. The molecule has 0 radical (unpaired) electrons. The summed E-state index contributed by atoms with van der Waals surface area (Å²) >= 11 is 0. The van der Waals surface area contributed by atoms with E-state index in [4.69, 9.17) is 19.9 Å². The third-order valence-electron chi connectivity index (χ3n) is 22.7. The van der Waals surface area contributed by atoms with Crippen LogP contribution in [0.5, 0.6) is 0 Å². The molecule has 0 bridgehead atoms. The van der Waals surface area contributed by atoms with E-state index >= 15 is 0 Å². The molecule has 24 aromatic rings. The van der Waals surface area contributed by atoms with Crippen LogP contribution in [0.3, 0.4) is 0 Å². The van der Waals surface area contributed by atoms with E-state index in [1.54, 1.807) is 24.8 Å². The maximum absolute atomic E-state index is 4.98. The molecule has 0 fully saturated rings. The van der Waals surface area contributed by atoms with Gasteiger partial charge in [0.25, 0.3) is 0 Å². The first-order valence-electron chi connectivity index (χ1n) is 39.4. The molecule has 0 unspecified atom stereocenters. The van der Waals surface area contributed by atoms with Gasteiger partial charge in [-0.1, -0.05) is 249 Å². The van der Waals surface area contributed by atoms with Crippen molar-refractivity contribution in [2.45, 2.75) is 0 Å². The van der Waals surface area contributed by atoms with Gasteiger partial charge in [0.2, 0.25) is 0 Å². The smallest absolute Gasteiger partial charge is 0.159 e. The van der Waals surface area contributed by atoms with Gasteiger partial charge in [-0.25, -0.2) is 34.9 Å². The number of benzene rings is 16. The maximum atomic E-state index is 4.98. The third kappa shape index (κ3) is 12.5. The zero-order chi connectivity index (χ0) is 78.0. The number of pyridine rings is 5. The summed E-state index contributed by atoms with van der Waals surface area (Å²) in [6, 6.07) is 123. The molecule has 24 rings (SSSR count). The molecule has 0 N–H and O–H groups in total. The van der Waals surface area contributed by atoms with Crippen molar-refractivity contribution in [2.75, 3.05) is 0 Å². The molecule has 16 aromatic carbocycles. The minimum absolute atomic E-state index is 0.671. The lowest BCUT2D eigenvalue weighted by Crippen LogP contribution is -1.94. The van der Waals surface area contributed by atoms with Crippen LogP contribution in [-0.2, 0) is 0 Å². The van der Waals surface area contributed by atoms with Crippen molar-refractivity contribution in [3.63, 3.8) is 0 Å². The fraction of sp³-hybridized carbons (Fsp3) is 0. The van der Waals surface area contributed by atoms with Crippen LogP contribution < -0.4 is 0 Å². The van der Waals surface area contributed by atoms with Crippen molar-refractivity contribution < 1.29 is 0 Å². The Kier molecular flexibility index (Phi) is 17.0. The summed E-state index contributed by atoms with van der Waals surface area (Å²) in [6.07, 6.45) is 12.6. The van der Waals surface area contributed by atoms with E-state index in [9.17, 15) is 0 Å². The van der Waals surface area contributed by atoms with Gasteiger partial charge >= 0.3 is 0 Å². The molecular weight excluding hydrogens is 1440 g/mol. The molecule has 0 saturated heterocycles. The highest BCUT2D eigenvalue weighted by Gasteiger charge is 2.19. The largest absolute Gasteiger partial charge is 0.256 e. The molecule has 118 heavy (non-hydrogen) atoms. The average Bonchev–Trinajstić information content (AvgIpc) is 0.744. The second-order valence-electron chi connectivity index (χ2n) is 29.6. The van der Waals surface area contributed by atoms with E-state index in [-0.39, 0.29) is 0 Å². The molecule has 8 aromatic heterocycles. The van der Waals surface area contributed by atoms with Gasteiger partial charge in [0.05, 0.1) is 50.7 Å². The van der Waals surface area contributed by atoms with Crippen LogP contribution in [0.1, 0.15) is 0 Å². The number of hydrogen-bond acceptors (Lipinski definition) is 11. The van der Waals surface area contributed by atoms with Gasteiger partial charge in [-0.15, -0.1) is 0 Å². The first kappa shape index (κ1) is 68.7.